The van der Waals surface area contributed by atoms with Gasteiger partial charge in [0.05, 0.1) is 11.1 Å². The van der Waals surface area contributed by atoms with Crippen LogP contribution in [0.15, 0.2) is 53.1 Å². The molecule has 0 aliphatic carbocycles. The Morgan fingerprint density at radius 2 is 1.88 bits per heavy atom. The SMILES string of the molecule is CCc1cc(C(=O)NCc2ccc(NC(=O)c3ccco3)cc2)sc1C. The fourth-order valence-corrected chi connectivity index (χ4v) is 3.59. The van der Waals surface area contributed by atoms with Gasteiger partial charge in [0.15, 0.2) is 5.76 Å². The van der Waals surface area contributed by atoms with Crippen LogP contribution in [-0.4, -0.2) is 11.8 Å². The number of thiophene rings is 1. The lowest BCUT2D eigenvalue weighted by Gasteiger charge is -2.06. The summed E-state index contributed by atoms with van der Waals surface area (Å²) >= 11 is 1.52. The zero-order chi connectivity index (χ0) is 18.5. The van der Waals surface area contributed by atoms with Crippen molar-refractivity contribution in [2.75, 3.05) is 5.32 Å². The number of benzene rings is 1. The normalized spacial score (nSPS) is 10.5. The average Bonchev–Trinajstić information content (AvgIpc) is 3.30. The number of hydrogen-bond acceptors (Lipinski definition) is 4. The first-order valence-corrected chi connectivity index (χ1v) is 9.19. The summed E-state index contributed by atoms with van der Waals surface area (Å²) in [7, 11) is 0. The van der Waals surface area contributed by atoms with Crippen LogP contribution >= 0.6 is 11.3 Å². The Balaban J connectivity index is 1.55. The molecule has 0 bridgehead atoms. The quantitative estimate of drug-likeness (QED) is 0.678. The van der Waals surface area contributed by atoms with Gasteiger partial charge in [0.25, 0.3) is 11.8 Å². The highest BCUT2D eigenvalue weighted by atomic mass is 32.1. The van der Waals surface area contributed by atoms with Crippen molar-refractivity contribution in [1.82, 2.24) is 5.32 Å². The van der Waals surface area contributed by atoms with E-state index in [1.807, 2.05) is 25.1 Å². The summed E-state index contributed by atoms with van der Waals surface area (Å²) in [5.74, 6) is -0.0946. The summed E-state index contributed by atoms with van der Waals surface area (Å²) in [5.41, 5.74) is 2.85. The Hall–Kier alpha value is -2.86. The molecule has 2 aromatic heterocycles. The molecule has 26 heavy (non-hydrogen) atoms. The summed E-state index contributed by atoms with van der Waals surface area (Å²) in [4.78, 5) is 26.1. The minimum absolute atomic E-state index is 0.0620. The Morgan fingerprint density at radius 3 is 2.50 bits per heavy atom. The number of nitrogens with one attached hydrogen (secondary N) is 2. The monoisotopic (exact) mass is 368 g/mol. The molecule has 1 aromatic carbocycles. The summed E-state index contributed by atoms with van der Waals surface area (Å²) in [6.07, 6.45) is 2.39. The summed E-state index contributed by atoms with van der Waals surface area (Å²) in [5, 5.41) is 5.69. The zero-order valence-electron chi connectivity index (χ0n) is 14.7. The second kappa shape index (κ2) is 8.01. The van der Waals surface area contributed by atoms with Crippen LogP contribution in [0.3, 0.4) is 0 Å². The molecule has 0 unspecified atom stereocenters. The molecule has 0 aliphatic rings. The molecule has 3 aromatic rings. The van der Waals surface area contributed by atoms with Crippen LogP contribution in [0.1, 0.15) is 43.2 Å². The number of aryl methyl sites for hydroxylation is 2. The first-order valence-electron chi connectivity index (χ1n) is 8.38. The molecule has 6 heteroatoms. The average molecular weight is 368 g/mol. The van der Waals surface area contributed by atoms with Gasteiger partial charge in [-0.1, -0.05) is 19.1 Å². The minimum atomic E-state index is -0.296. The molecular formula is C20H20N2O3S. The summed E-state index contributed by atoms with van der Waals surface area (Å²) < 4.78 is 5.06. The first-order chi connectivity index (χ1) is 12.6. The number of anilines is 1. The van der Waals surface area contributed by atoms with Crippen LogP contribution in [-0.2, 0) is 13.0 Å². The van der Waals surface area contributed by atoms with Gasteiger partial charge < -0.3 is 15.1 Å². The number of rotatable bonds is 6. The maximum Gasteiger partial charge on any atom is 0.291 e. The highest BCUT2D eigenvalue weighted by Gasteiger charge is 2.12. The molecule has 0 radical (unpaired) electrons. The molecule has 0 fully saturated rings. The van der Waals surface area contributed by atoms with Crippen molar-refractivity contribution in [2.24, 2.45) is 0 Å². The maximum absolute atomic E-state index is 12.3. The largest absolute Gasteiger partial charge is 0.459 e. The van der Waals surface area contributed by atoms with Gasteiger partial charge in [-0.25, -0.2) is 0 Å². The molecule has 2 amide bonds. The van der Waals surface area contributed by atoms with Crippen molar-refractivity contribution >= 4 is 28.8 Å². The highest BCUT2D eigenvalue weighted by molar-refractivity contribution is 7.14. The lowest BCUT2D eigenvalue weighted by molar-refractivity contribution is 0.0953. The van der Waals surface area contributed by atoms with Crippen LogP contribution in [0, 0.1) is 6.92 Å². The van der Waals surface area contributed by atoms with Crippen LogP contribution in [0.2, 0.25) is 0 Å². The number of carbonyl (C=O) groups excluding carboxylic acids is 2. The van der Waals surface area contributed by atoms with E-state index in [0.29, 0.717) is 12.2 Å². The zero-order valence-corrected chi connectivity index (χ0v) is 15.5. The molecule has 2 heterocycles. The number of amides is 2. The highest BCUT2D eigenvalue weighted by Crippen LogP contribution is 2.22. The lowest BCUT2D eigenvalue weighted by atomic mass is 10.2. The van der Waals surface area contributed by atoms with E-state index in [1.54, 1.807) is 24.3 Å². The molecule has 0 saturated carbocycles. The molecule has 0 atom stereocenters. The fraction of sp³-hybridized carbons (Fsp3) is 0.200. The molecule has 2 N–H and O–H groups in total. The van der Waals surface area contributed by atoms with Gasteiger partial charge in [0.1, 0.15) is 0 Å². The van der Waals surface area contributed by atoms with Crippen molar-refractivity contribution in [1.29, 1.82) is 0 Å². The van der Waals surface area contributed by atoms with E-state index in [1.165, 1.54) is 28.0 Å². The molecule has 5 nitrogen and oxygen atoms in total. The van der Waals surface area contributed by atoms with Crippen LogP contribution < -0.4 is 10.6 Å². The van der Waals surface area contributed by atoms with Crippen LogP contribution in [0.25, 0.3) is 0 Å². The minimum Gasteiger partial charge on any atom is -0.459 e. The third-order valence-corrected chi connectivity index (χ3v) is 5.13. The summed E-state index contributed by atoms with van der Waals surface area (Å²) in [6, 6.07) is 12.6. The molecule has 0 aliphatic heterocycles. The van der Waals surface area contributed by atoms with Gasteiger partial charge in [0.2, 0.25) is 0 Å². The molecule has 3 rings (SSSR count). The van der Waals surface area contributed by atoms with Gasteiger partial charge in [0, 0.05) is 17.1 Å². The second-order valence-electron chi connectivity index (χ2n) is 5.86. The molecular weight excluding hydrogens is 348 g/mol. The summed E-state index contributed by atoms with van der Waals surface area (Å²) in [6.45, 7) is 4.56. The van der Waals surface area contributed by atoms with Crippen molar-refractivity contribution < 1.29 is 14.0 Å². The predicted octanol–water partition coefficient (Wildman–Crippen LogP) is 4.39. The number of hydrogen-bond donors (Lipinski definition) is 2. The van der Waals surface area contributed by atoms with E-state index in [2.05, 4.69) is 17.6 Å². The van der Waals surface area contributed by atoms with Crippen molar-refractivity contribution in [3.63, 3.8) is 0 Å². The first kappa shape index (κ1) is 17.9. The van der Waals surface area contributed by atoms with Gasteiger partial charge in [-0.3, -0.25) is 9.59 Å². The van der Waals surface area contributed by atoms with Gasteiger partial charge in [-0.05, 0) is 54.8 Å². The standard InChI is InChI=1S/C20H20N2O3S/c1-3-15-11-18(26-13(15)2)20(24)21-12-14-6-8-16(9-7-14)22-19(23)17-5-4-10-25-17/h4-11H,3,12H2,1-2H3,(H,21,24)(H,22,23). The van der Waals surface area contributed by atoms with E-state index >= 15 is 0 Å². The Kier molecular flexibility index (Phi) is 5.53. The maximum atomic E-state index is 12.3. The van der Waals surface area contributed by atoms with Gasteiger partial charge >= 0.3 is 0 Å². The Labute approximate surface area is 156 Å². The van der Waals surface area contributed by atoms with Crippen molar-refractivity contribution in [3.8, 4) is 0 Å². The fourth-order valence-electron chi connectivity index (χ4n) is 2.56. The lowest BCUT2D eigenvalue weighted by Crippen LogP contribution is -2.21. The third kappa shape index (κ3) is 4.21. The molecule has 0 spiro atoms. The molecule has 134 valence electrons. The van der Waals surface area contributed by atoms with Gasteiger partial charge in [-0.15, -0.1) is 11.3 Å². The Morgan fingerprint density at radius 1 is 1.12 bits per heavy atom. The van der Waals surface area contributed by atoms with E-state index in [-0.39, 0.29) is 17.6 Å². The van der Waals surface area contributed by atoms with Crippen molar-refractivity contribution in [2.45, 2.75) is 26.8 Å². The number of carbonyl (C=O) groups is 2. The predicted molar refractivity (Wildman–Crippen MR) is 103 cm³/mol. The van der Waals surface area contributed by atoms with Gasteiger partial charge in [-0.2, -0.15) is 0 Å². The topological polar surface area (TPSA) is 71.3 Å². The van der Waals surface area contributed by atoms with E-state index in [9.17, 15) is 9.59 Å². The smallest absolute Gasteiger partial charge is 0.291 e. The van der Waals surface area contributed by atoms with Crippen LogP contribution in [0.4, 0.5) is 5.69 Å². The number of furan rings is 1. The molecule has 0 saturated heterocycles. The van der Waals surface area contributed by atoms with Crippen LogP contribution in [0.5, 0.6) is 0 Å². The Bertz CT molecular complexity index is 896. The second-order valence-corrected chi connectivity index (χ2v) is 7.11. The van der Waals surface area contributed by atoms with E-state index < -0.39 is 0 Å². The third-order valence-electron chi connectivity index (χ3n) is 4.04. The van der Waals surface area contributed by atoms with E-state index in [4.69, 9.17) is 4.42 Å². The van der Waals surface area contributed by atoms with Crippen molar-refractivity contribution in [3.05, 3.63) is 75.4 Å². The van der Waals surface area contributed by atoms with E-state index in [0.717, 1.165) is 16.9 Å².